The minimum Gasteiger partial charge on any atom is -0.0620 e. The molecule has 0 amide bonds. The first-order valence-corrected chi connectivity index (χ1v) is 5.88. The largest absolute Gasteiger partial charge is 0.0620 e. The van der Waals surface area contributed by atoms with Crippen LogP contribution in [0.1, 0.15) is 23.6 Å². The predicted octanol–water partition coefficient (Wildman–Crippen LogP) is 4.53. The van der Waals surface area contributed by atoms with Gasteiger partial charge in [0.25, 0.3) is 0 Å². The quantitative estimate of drug-likeness (QED) is 0.683. The molecule has 16 heavy (non-hydrogen) atoms. The van der Waals surface area contributed by atoms with Crippen molar-refractivity contribution in [3.8, 4) is 11.1 Å². The Hall–Kier alpha value is -1.56. The number of hydrogen-bond donors (Lipinski definition) is 0. The van der Waals surface area contributed by atoms with E-state index >= 15 is 0 Å². The molecule has 0 aromatic heterocycles. The molecule has 0 heterocycles. The summed E-state index contributed by atoms with van der Waals surface area (Å²) >= 11 is 0. The molecule has 2 aromatic carbocycles. The van der Waals surface area contributed by atoms with Crippen LogP contribution in [0.5, 0.6) is 0 Å². The maximum Gasteiger partial charge on any atom is -0.0147 e. The first-order valence-electron chi connectivity index (χ1n) is 5.88. The summed E-state index contributed by atoms with van der Waals surface area (Å²) in [5.41, 5.74) is 6.96. The number of rotatable bonds is 2. The fourth-order valence-electron chi connectivity index (χ4n) is 2.30. The molecule has 2 aromatic rings. The lowest BCUT2D eigenvalue weighted by molar-refractivity contribution is 1.11. The third kappa shape index (κ3) is 1.88. The van der Waals surface area contributed by atoms with Gasteiger partial charge in [0.2, 0.25) is 0 Å². The van der Waals surface area contributed by atoms with E-state index in [-0.39, 0.29) is 0 Å². The number of hydrogen-bond acceptors (Lipinski definition) is 0. The molecule has 0 N–H and O–H groups in total. The van der Waals surface area contributed by atoms with Crippen molar-refractivity contribution < 1.29 is 0 Å². The van der Waals surface area contributed by atoms with Gasteiger partial charge in [0.05, 0.1) is 0 Å². The van der Waals surface area contributed by atoms with Gasteiger partial charge in [0.15, 0.2) is 0 Å². The minimum absolute atomic E-state index is 1.09. The van der Waals surface area contributed by atoms with E-state index in [9.17, 15) is 0 Å². The molecule has 0 radical (unpaired) electrons. The summed E-state index contributed by atoms with van der Waals surface area (Å²) < 4.78 is 0. The maximum atomic E-state index is 2.23. The highest BCUT2D eigenvalue weighted by Crippen LogP contribution is 2.28. The normalized spacial score (nSPS) is 10.4. The Kier molecular flexibility index (Phi) is 3.09. The van der Waals surface area contributed by atoms with Crippen LogP contribution in [0.2, 0.25) is 0 Å². The van der Waals surface area contributed by atoms with E-state index in [0.29, 0.717) is 0 Å². The molecular formula is C16H18. The van der Waals surface area contributed by atoms with Crippen molar-refractivity contribution in [1.82, 2.24) is 0 Å². The molecule has 0 fully saturated rings. The summed E-state index contributed by atoms with van der Waals surface area (Å²) in [4.78, 5) is 0. The van der Waals surface area contributed by atoms with Gasteiger partial charge in [-0.1, -0.05) is 49.4 Å². The van der Waals surface area contributed by atoms with Crippen molar-refractivity contribution in [3.63, 3.8) is 0 Å². The van der Waals surface area contributed by atoms with Crippen LogP contribution in [0, 0.1) is 13.8 Å². The van der Waals surface area contributed by atoms with Crippen molar-refractivity contribution in [3.05, 3.63) is 59.2 Å². The Morgan fingerprint density at radius 3 is 2.06 bits per heavy atom. The van der Waals surface area contributed by atoms with Crippen molar-refractivity contribution in [2.24, 2.45) is 0 Å². The van der Waals surface area contributed by atoms with Crippen molar-refractivity contribution >= 4 is 0 Å². The molecule has 0 heteroatoms. The molecule has 0 bridgehead atoms. The van der Waals surface area contributed by atoms with Crippen LogP contribution in [0.25, 0.3) is 11.1 Å². The van der Waals surface area contributed by atoms with Crippen LogP contribution in [0.15, 0.2) is 42.5 Å². The minimum atomic E-state index is 1.09. The van der Waals surface area contributed by atoms with Gasteiger partial charge >= 0.3 is 0 Å². The summed E-state index contributed by atoms with van der Waals surface area (Å²) in [6, 6.07) is 15.2. The second kappa shape index (κ2) is 4.52. The average molecular weight is 210 g/mol. The SMILES string of the molecule is CCc1c(C)cccc1-c1ccccc1C. The molecule has 0 spiro atoms. The van der Waals surface area contributed by atoms with E-state index in [1.807, 2.05) is 0 Å². The van der Waals surface area contributed by atoms with Gasteiger partial charge < -0.3 is 0 Å². The first kappa shape index (κ1) is 10.9. The maximum absolute atomic E-state index is 2.23. The van der Waals surface area contributed by atoms with Crippen LogP contribution >= 0.6 is 0 Å². The lowest BCUT2D eigenvalue weighted by Gasteiger charge is -2.13. The van der Waals surface area contributed by atoms with E-state index in [2.05, 4.69) is 63.2 Å². The molecule has 0 saturated carbocycles. The van der Waals surface area contributed by atoms with E-state index in [1.54, 1.807) is 0 Å². The van der Waals surface area contributed by atoms with Gasteiger partial charge in [-0.05, 0) is 48.1 Å². The average Bonchev–Trinajstić information content (AvgIpc) is 2.29. The second-order valence-corrected chi connectivity index (χ2v) is 4.27. The smallest absolute Gasteiger partial charge is 0.0147 e. The Labute approximate surface area is 97.9 Å². The number of benzene rings is 2. The van der Waals surface area contributed by atoms with Crippen molar-refractivity contribution in [1.29, 1.82) is 0 Å². The topological polar surface area (TPSA) is 0 Å². The second-order valence-electron chi connectivity index (χ2n) is 4.27. The van der Waals surface area contributed by atoms with Crippen molar-refractivity contribution in [2.75, 3.05) is 0 Å². The Morgan fingerprint density at radius 1 is 0.750 bits per heavy atom. The van der Waals surface area contributed by atoms with Crippen LogP contribution < -0.4 is 0 Å². The zero-order valence-electron chi connectivity index (χ0n) is 10.2. The Balaban J connectivity index is 2.65. The molecule has 0 aliphatic heterocycles. The third-order valence-electron chi connectivity index (χ3n) is 3.20. The Morgan fingerprint density at radius 2 is 1.38 bits per heavy atom. The fourth-order valence-corrected chi connectivity index (χ4v) is 2.30. The van der Waals surface area contributed by atoms with E-state index < -0.39 is 0 Å². The zero-order chi connectivity index (χ0) is 11.5. The summed E-state index contributed by atoms with van der Waals surface area (Å²) in [7, 11) is 0. The molecule has 0 atom stereocenters. The molecule has 0 aliphatic carbocycles. The van der Waals surface area contributed by atoms with E-state index in [0.717, 1.165) is 6.42 Å². The van der Waals surface area contributed by atoms with Crippen LogP contribution in [0.3, 0.4) is 0 Å². The summed E-state index contributed by atoms with van der Waals surface area (Å²) in [6.07, 6.45) is 1.09. The van der Waals surface area contributed by atoms with Gasteiger partial charge in [-0.25, -0.2) is 0 Å². The molecule has 0 unspecified atom stereocenters. The molecule has 0 nitrogen and oxygen atoms in total. The van der Waals surface area contributed by atoms with E-state index in [1.165, 1.54) is 27.8 Å². The summed E-state index contributed by atoms with van der Waals surface area (Å²) in [5, 5.41) is 0. The van der Waals surface area contributed by atoms with Gasteiger partial charge in [0.1, 0.15) is 0 Å². The fraction of sp³-hybridized carbons (Fsp3) is 0.250. The lowest BCUT2D eigenvalue weighted by Crippen LogP contribution is -1.93. The molecule has 2 rings (SSSR count). The number of aryl methyl sites for hydroxylation is 2. The van der Waals surface area contributed by atoms with Crippen molar-refractivity contribution in [2.45, 2.75) is 27.2 Å². The highest BCUT2D eigenvalue weighted by atomic mass is 14.1. The van der Waals surface area contributed by atoms with Gasteiger partial charge in [-0.3, -0.25) is 0 Å². The van der Waals surface area contributed by atoms with Gasteiger partial charge in [-0.15, -0.1) is 0 Å². The predicted molar refractivity (Wildman–Crippen MR) is 70.7 cm³/mol. The lowest BCUT2D eigenvalue weighted by atomic mass is 9.92. The summed E-state index contributed by atoms with van der Waals surface area (Å²) in [6.45, 7) is 6.60. The Bertz CT molecular complexity index is 495. The highest BCUT2D eigenvalue weighted by Gasteiger charge is 2.07. The standard InChI is InChI=1S/C16H18/c1-4-14-12(2)9-7-11-16(14)15-10-6-5-8-13(15)3/h5-11H,4H2,1-3H3. The zero-order valence-corrected chi connectivity index (χ0v) is 10.2. The summed E-state index contributed by atoms with van der Waals surface area (Å²) in [5.74, 6) is 0. The van der Waals surface area contributed by atoms with Gasteiger partial charge in [-0.2, -0.15) is 0 Å². The van der Waals surface area contributed by atoms with Gasteiger partial charge in [0, 0.05) is 0 Å². The highest BCUT2D eigenvalue weighted by molar-refractivity contribution is 5.71. The van der Waals surface area contributed by atoms with Crippen LogP contribution in [-0.2, 0) is 6.42 Å². The molecule has 0 aliphatic rings. The monoisotopic (exact) mass is 210 g/mol. The molecule has 0 saturated heterocycles. The van der Waals surface area contributed by atoms with E-state index in [4.69, 9.17) is 0 Å². The van der Waals surface area contributed by atoms with Crippen LogP contribution in [-0.4, -0.2) is 0 Å². The first-order chi connectivity index (χ1) is 7.74. The molecule has 82 valence electrons. The van der Waals surface area contributed by atoms with Crippen LogP contribution in [0.4, 0.5) is 0 Å². The third-order valence-corrected chi connectivity index (χ3v) is 3.20. The molecular weight excluding hydrogens is 192 g/mol.